The fourth-order valence-corrected chi connectivity index (χ4v) is 5.26. The van der Waals surface area contributed by atoms with Crippen molar-refractivity contribution in [3.8, 4) is 0 Å². The molecule has 1 nitrogen and oxygen atoms in total. The zero-order valence-corrected chi connectivity index (χ0v) is 14.9. The van der Waals surface area contributed by atoms with E-state index in [-0.39, 0.29) is 6.04 Å². The predicted octanol–water partition coefficient (Wildman–Crippen LogP) is 5.95. The third-order valence-electron chi connectivity index (χ3n) is 2.23. The molecule has 2 aromatic rings. The molecule has 0 radical (unpaired) electrons. The van der Waals surface area contributed by atoms with Gasteiger partial charge in [-0.3, -0.25) is 0 Å². The monoisotopic (exact) mass is 433 g/mol. The Hall–Kier alpha value is 0.900. The van der Waals surface area contributed by atoms with Gasteiger partial charge in [-0.2, -0.15) is 0 Å². The quantitative estimate of drug-likeness (QED) is 0.628. The summed E-state index contributed by atoms with van der Waals surface area (Å²) in [5.74, 6) is 0. The van der Waals surface area contributed by atoms with Crippen LogP contribution >= 0.6 is 77.7 Å². The average Bonchev–Trinajstić information content (AvgIpc) is 2.74. The highest BCUT2D eigenvalue weighted by Crippen LogP contribution is 2.42. The minimum Gasteiger partial charge on any atom is -0.309 e. The van der Waals surface area contributed by atoms with Gasteiger partial charge in [0.05, 0.1) is 18.5 Å². The summed E-state index contributed by atoms with van der Waals surface area (Å²) in [6.07, 6.45) is 0. The number of thiophene rings is 2. The first-order chi connectivity index (χ1) is 8.02. The fraction of sp³-hybridized carbons (Fsp3) is 0.200. The third kappa shape index (κ3) is 3.08. The minimum atomic E-state index is 0.0684. The maximum absolute atomic E-state index is 6.19. The van der Waals surface area contributed by atoms with E-state index >= 15 is 0 Å². The first-order valence-electron chi connectivity index (χ1n) is 4.59. The Morgan fingerprint density at radius 2 is 1.94 bits per heavy atom. The lowest BCUT2D eigenvalue weighted by Gasteiger charge is -2.13. The number of nitrogens with one attached hydrogen (secondary N) is 1. The Balaban J connectivity index is 2.43. The van der Waals surface area contributed by atoms with Crippen LogP contribution in [0.2, 0.25) is 8.67 Å². The Kier molecular flexibility index (Phi) is 4.97. The van der Waals surface area contributed by atoms with Gasteiger partial charge >= 0.3 is 0 Å². The van der Waals surface area contributed by atoms with Gasteiger partial charge in [0.1, 0.15) is 0 Å². The highest BCUT2D eigenvalue weighted by molar-refractivity contribution is 9.13. The van der Waals surface area contributed by atoms with Crippen LogP contribution in [0.3, 0.4) is 0 Å². The van der Waals surface area contributed by atoms with E-state index in [9.17, 15) is 0 Å². The normalized spacial score (nSPS) is 13.0. The van der Waals surface area contributed by atoms with Crippen LogP contribution in [-0.4, -0.2) is 7.05 Å². The third-order valence-corrected chi connectivity index (χ3v) is 7.07. The summed E-state index contributed by atoms with van der Waals surface area (Å²) in [5.41, 5.74) is 1.02. The molecule has 17 heavy (non-hydrogen) atoms. The molecule has 0 aliphatic heterocycles. The first kappa shape index (κ1) is 14.3. The van der Waals surface area contributed by atoms with Gasteiger partial charge in [-0.05, 0) is 51.0 Å². The van der Waals surface area contributed by atoms with Crippen molar-refractivity contribution >= 4 is 77.7 Å². The largest absolute Gasteiger partial charge is 0.309 e. The van der Waals surface area contributed by atoms with Crippen molar-refractivity contribution in [2.75, 3.05) is 7.05 Å². The number of hydrogen-bond acceptors (Lipinski definition) is 3. The molecule has 0 aliphatic rings. The number of rotatable bonds is 3. The molecule has 1 atom stereocenters. The Bertz CT molecular complexity index is 519. The van der Waals surface area contributed by atoms with E-state index in [2.05, 4.69) is 43.2 Å². The van der Waals surface area contributed by atoms with Crippen LogP contribution in [0.1, 0.15) is 16.5 Å². The van der Waals surface area contributed by atoms with E-state index in [4.69, 9.17) is 23.2 Å². The molecule has 92 valence electrons. The first-order valence-corrected chi connectivity index (χ1v) is 8.57. The molecular weight excluding hydrogens is 429 g/mol. The number of halogens is 4. The van der Waals surface area contributed by atoms with E-state index in [1.165, 1.54) is 16.2 Å². The summed E-state index contributed by atoms with van der Waals surface area (Å²) >= 11 is 22.2. The molecule has 1 unspecified atom stereocenters. The van der Waals surface area contributed by atoms with Crippen LogP contribution in [0.4, 0.5) is 0 Å². The lowest BCUT2D eigenvalue weighted by atomic mass is 10.1. The fourth-order valence-electron chi connectivity index (χ4n) is 1.51. The van der Waals surface area contributed by atoms with Crippen molar-refractivity contribution in [3.63, 3.8) is 0 Å². The van der Waals surface area contributed by atoms with E-state index in [1.807, 2.05) is 13.1 Å². The van der Waals surface area contributed by atoms with Gasteiger partial charge in [0, 0.05) is 14.9 Å². The molecule has 0 saturated heterocycles. The van der Waals surface area contributed by atoms with Crippen molar-refractivity contribution < 1.29 is 0 Å². The van der Waals surface area contributed by atoms with Gasteiger partial charge in [0.2, 0.25) is 0 Å². The summed E-state index contributed by atoms with van der Waals surface area (Å²) in [7, 11) is 1.91. The molecule has 2 heterocycles. The topological polar surface area (TPSA) is 12.0 Å². The van der Waals surface area contributed by atoms with E-state index in [1.54, 1.807) is 11.3 Å². The summed E-state index contributed by atoms with van der Waals surface area (Å²) in [6.45, 7) is 0. The molecular formula is C10H7Br2Cl2NS2. The summed E-state index contributed by atoms with van der Waals surface area (Å²) in [5, 5.41) is 3.26. The van der Waals surface area contributed by atoms with Crippen molar-refractivity contribution in [2.24, 2.45) is 0 Å². The van der Waals surface area contributed by atoms with Gasteiger partial charge in [-0.15, -0.1) is 22.7 Å². The highest BCUT2D eigenvalue weighted by Gasteiger charge is 2.20. The number of hydrogen-bond donors (Lipinski definition) is 1. The second-order valence-corrected chi connectivity index (χ2v) is 8.81. The Morgan fingerprint density at radius 1 is 1.24 bits per heavy atom. The minimum absolute atomic E-state index is 0.0684. The van der Waals surface area contributed by atoms with Crippen LogP contribution in [0.25, 0.3) is 0 Å². The maximum Gasteiger partial charge on any atom is 0.0995 e. The van der Waals surface area contributed by atoms with Crippen LogP contribution in [0.15, 0.2) is 20.4 Å². The van der Waals surface area contributed by atoms with Gasteiger partial charge in [0.25, 0.3) is 0 Å². The average molecular weight is 436 g/mol. The predicted molar refractivity (Wildman–Crippen MR) is 85.0 cm³/mol. The van der Waals surface area contributed by atoms with Gasteiger partial charge in [-0.25, -0.2) is 0 Å². The SMILES string of the molecule is CNC(c1cc(Br)c(Br)s1)c1cc(Cl)sc1Cl. The summed E-state index contributed by atoms with van der Waals surface area (Å²) < 4.78 is 3.57. The lowest BCUT2D eigenvalue weighted by molar-refractivity contribution is 0.706. The van der Waals surface area contributed by atoms with Crippen LogP contribution in [0, 0.1) is 0 Å². The molecule has 0 aliphatic carbocycles. The van der Waals surface area contributed by atoms with E-state index < -0.39 is 0 Å². The van der Waals surface area contributed by atoms with Gasteiger partial charge in [-0.1, -0.05) is 23.2 Å². The second kappa shape index (κ2) is 5.90. The van der Waals surface area contributed by atoms with Crippen LogP contribution < -0.4 is 5.32 Å². The smallest absolute Gasteiger partial charge is 0.0995 e. The molecule has 0 spiro atoms. The van der Waals surface area contributed by atoms with Crippen molar-refractivity contribution in [1.82, 2.24) is 5.32 Å². The maximum atomic E-state index is 6.19. The standard InChI is InChI=1S/C10H7Br2Cl2NS2/c1-15-8(4-2-7(13)17-10(4)14)6-3-5(11)9(12)16-6/h2-3,8,15H,1H3. The van der Waals surface area contributed by atoms with E-state index in [0.717, 1.165) is 18.2 Å². The van der Waals surface area contributed by atoms with Crippen molar-refractivity contribution in [1.29, 1.82) is 0 Å². The lowest BCUT2D eigenvalue weighted by Crippen LogP contribution is -2.15. The van der Waals surface area contributed by atoms with Gasteiger partial charge < -0.3 is 5.32 Å². The highest BCUT2D eigenvalue weighted by atomic mass is 79.9. The molecule has 0 aromatic carbocycles. The molecule has 1 N–H and O–H groups in total. The summed E-state index contributed by atoms with van der Waals surface area (Å²) in [4.78, 5) is 1.18. The molecule has 0 amide bonds. The molecule has 0 bridgehead atoms. The van der Waals surface area contributed by atoms with E-state index in [0.29, 0.717) is 4.34 Å². The van der Waals surface area contributed by atoms with Crippen LogP contribution in [0.5, 0.6) is 0 Å². The Morgan fingerprint density at radius 3 is 2.35 bits per heavy atom. The zero-order valence-electron chi connectivity index (χ0n) is 8.56. The Labute approximate surface area is 134 Å². The molecule has 0 saturated carbocycles. The van der Waals surface area contributed by atoms with Crippen molar-refractivity contribution in [3.05, 3.63) is 39.5 Å². The second-order valence-electron chi connectivity index (χ2n) is 3.27. The molecule has 7 heteroatoms. The molecule has 0 fully saturated rings. The zero-order chi connectivity index (χ0) is 12.6. The molecule has 2 aromatic heterocycles. The van der Waals surface area contributed by atoms with Crippen molar-refractivity contribution in [2.45, 2.75) is 6.04 Å². The molecule has 2 rings (SSSR count). The van der Waals surface area contributed by atoms with Gasteiger partial charge in [0.15, 0.2) is 0 Å². The summed E-state index contributed by atoms with van der Waals surface area (Å²) in [6, 6.07) is 4.06. The van der Waals surface area contributed by atoms with Crippen LogP contribution in [-0.2, 0) is 0 Å².